The predicted octanol–water partition coefficient (Wildman–Crippen LogP) is 7.68. The van der Waals surface area contributed by atoms with E-state index < -0.39 is 34.1 Å². The van der Waals surface area contributed by atoms with Gasteiger partial charge in [0.1, 0.15) is 11.5 Å². The number of carbonyl (C=O) groups excluding carboxylic acids is 2. The molecule has 0 atom stereocenters. The molecule has 1 aromatic carbocycles. The van der Waals surface area contributed by atoms with E-state index in [0.29, 0.717) is 17.1 Å². The summed E-state index contributed by atoms with van der Waals surface area (Å²) in [6.07, 6.45) is 1.57. The van der Waals surface area contributed by atoms with E-state index in [9.17, 15) is 22.8 Å². The Hall–Kier alpha value is -2.34. The zero-order chi connectivity index (χ0) is 29.8. The minimum atomic E-state index is -4.99. The largest absolute Gasteiger partial charge is 0.541 e. The van der Waals surface area contributed by atoms with Crippen molar-refractivity contribution in [1.29, 1.82) is 0 Å². The van der Waals surface area contributed by atoms with Gasteiger partial charge in [-0.2, -0.15) is 13.2 Å². The monoisotopic (exact) mass is 581 g/mol. The summed E-state index contributed by atoms with van der Waals surface area (Å²) in [5.41, 5.74) is 0.409. The third kappa shape index (κ3) is 6.37. The van der Waals surface area contributed by atoms with Crippen LogP contribution in [0.15, 0.2) is 36.4 Å². The first-order chi connectivity index (χ1) is 17.5. The lowest BCUT2D eigenvalue weighted by atomic mass is 9.73. The van der Waals surface area contributed by atoms with Crippen molar-refractivity contribution in [2.24, 2.45) is 0 Å². The standard InChI is InChI=1S/C29H42F3NO4Si2/c1-26(2,3)38(7,8)36-23-17-20-19-33(25(35)29(30,31)32)16-15-28(13-11-21(34)12-14-28)22(20)18-24(23)37-39(9,10)27(4,5)6/h11-14,17-18H,15-16,19H2,1-10H3. The van der Waals surface area contributed by atoms with Gasteiger partial charge in [-0.05, 0) is 78.1 Å². The number of hydrogen-bond acceptors (Lipinski definition) is 4. The number of amides is 1. The Morgan fingerprint density at radius 2 is 1.33 bits per heavy atom. The minimum Gasteiger partial charge on any atom is -0.541 e. The zero-order valence-corrected chi connectivity index (χ0v) is 26.8. The van der Waals surface area contributed by atoms with Crippen LogP contribution in [0.2, 0.25) is 36.3 Å². The second-order valence-electron chi connectivity index (χ2n) is 13.8. The normalized spacial score (nSPS) is 18.2. The maximum atomic E-state index is 13.5. The molecule has 0 fully saturated rings. The Kier molecular flexibility index (Phi) is 7.95. The van der Waals surface area contributed by atoms with Crippen LogP contribution in [-0.4, -0.2) is 45.9 Å². The van der Waals surface area contributed by atoms with Crippen LogP contribution in [-0.2, 0) is 21.5 Å². The summed E-state index contributed by atoms with van der Waals surface area (Å²) in [6.45, 7) is 20.9. The molecule has 1 aliphatic carbocycles. The Morgan fingerprint density at radius 3 is 1.77 bits per heavy atom. The first kappa shape index (κ1) is 31.2. The highest BCUT2D eigenvalue weighted by atomic mass is 28.4. The van der Waals surface area contributed by atoms with Crippen LogP contribution in [0.1, 0.15) is 59.1 Å². The predicted molar refractivity (Wildman–Crippen MR) is 153 cm³/mol. The van der Waals surface area contributed by atoms with Gasteiger partial charge in [0, 0.05) is 18.5 Å². The summed E-state index contributed by atoms with van der Waals surface area (Å²) in [4.78, 5) is 25.3. The van der Waals surface area contributed by atoms with Crippen molar-refractivity contribution in [3.63, 3.8) is 0 Å². The molecule has 3 rings (SSSR count). The van der Waals surface area contributed by atoms with E-state index in [2.05, 4.69) is 67.7 Å². The van der Waals surface area contributed by atoms with Crippen molar-refractivity contribution < 1.29 is 31.6 Å². The van der Waals surface area contributed by atoms with Gasteiger partial charge in [-0.15, -0.1) is 0 Å². The number of ketones is 1. The highest BCUT2D eigenvalue weighted by Crippen LogP contribution is 2.48. The van der Waals surface area contributed by atoms with Gasteiger partial charge in [-0.3, -0.25) is 9.59 Å². The lowest BCUT2D eigenvalue weighted by molar-refractivity contribution is -0.186. The number of alkyl halides is 3. The Labute approximate surface area is 232 Å². The molecule has 0 unspecified atom stereocenters. The molecular formula is C29H42F3NO4Si2. The van der Waals surface area contributed by atoms with E-state index >= 15 is 0 Å². The third-order valence-corrected chi connectivity index (χ3v) is 17.5. The summed E-state index contributed by atoms with van der Waals surface area (Å²) in [7, 11) is -4.73. The van der Waals surface area contributed by atoms with Crippen LogP contribution < -0.4 is 8.85 Å². The number of fused-ring (bicyclic) bond motifs is 2. The van der Waals surface area contributed by atoms with Crippen molar-refractivity contribution in [3.05, 3.63) is 47.6 Å². The number of rotatable bonds is 4. The van der Waals surface area contributed by atoms with Gasteiger partial charge in [0.05, 0.1) is 0 Å². The SMILES string of the molecule is CC(C)(C)[Si](C)(C)Oc1cc2c(cc1O[Si](C)(C)C(C)(C)C)C1(C=CC(=O)C=C1)CCN(C(=O)C(F)(F)F)C2. The Balaban J connectivity index is 2.29. The van der Waals surface area contributed by atoms with Gasteiger partial charge in [-0.1, -0.05) is 53.7 Å². The van der Waals surface area contributed by atoms with E-state index in [4.69, 9.17) is 8.85 Å². The van der Waals surface area contributed by atoms with E-state index in [-0.39, 0.29) is 35.4 Å². The fourth-order valence-corrected chi connectivity index (χ4v) is 6.22. The van der Waals surface area contributed by atoms with Crippen LogP contribution in [0, 0.1) is 0 Å². The van der Waals surface area contributed by atoms with Gasteiger partial charge in [0.15, 0.2) is 5.78 Å². The van der Waals surface area contributed by atoms with Crippen molar-refractivity contribution >= 4 is 28.3 Å². The highest BCUT2D eigenvalue weighted by Gasteiger charge is 2.47. The summed E-state index contributed by atoms with van der Waals surface area (Å²) in [5, 5.41) is -0.249. The molecule has 0 saturated heterocycles. The van der Waals surface area contributed by atoms with E-state index in [1.807, 2.05) is 6.07 Å². The molecule has 2 aliphatic rings. The average Bonchev–Trinajstić information content (AvgIpc) is 2.90. The topological polar surface area (TPSA) is 55.8 Å². The first-order valence-electron chi connectivity index (χ1n) is 13.3. The molecule has 1 amide bonds. The van der Waals surface area contributed by atoms with Crippen LogP contribution in [0.4, 0.5) is 13.2 Å². The zero-order valence-electron chi connectivity index (χ0n) is 24.8. The molecule has 0 bridgehead atoms. The molecule has 0 N–H and O–H groups in total. The molecular weight excluding hydrogens is 539 g/mol. The maximum absolute atomic E-state index is 13.5. The van der Waals surface area contributed by atoms with Crippen molar-refractivity contribution in [2.75, 3.05) is 6.54 Å². The average molecular weight is 582 g/mol. The lowest BCUT2D eigenvalue weighted by Gasteiger charge is -2.40. The van der Waals surface area contributed by atoms with Gasteiger partial charge >= 0.3 is 12.1 Å². The molecule has 1 spiro atoms. The Morgan fingerprint density at radius 1 is 0.872 bits per heavy atom. The van der Waals surface area contributed by atoms with Gasteiger partial charge < -0.3 is 13.8 Å². The Bertz CT molecular complexity index is 1190. The summed E-state index contributed by atoms with van der Waals surface area (Å²) in [5.74, 6) is -1.02. The second-order valence-corrected chi connectivity index (χ2v) is 23.2. The molecule has 0 radical (unpaired) electrons. The molecule has 5 nitrogen and oxygen atoms in total. The summed E-state index contributed by atoms with van der Waals surface area (Å²) in [6, 6.07) is 3.64. The molecule has 1 heterocycles. The quantitative estimate of drug-likeness (QED) is 0.342. The molecule has 1 aromatic rings. The number of carbonyl (C=O) groups is 2. The van der Waals surface area contributed by atoms with E-state index in [0.717, 1.165) is 10.5 Å². The molecule has 0 aromatic heterocycles. The smallest absolute Gasteiger partial charge is 0.471 e. The fourth-order valence-electron chi connectivity index (χ4n) is 4.19. The van der Waals surface area contributed by atoms with Crippen molar-refractivity contribution in [1.82, 2.24) is 4.90 Å². The van der Waals surface area contributed by atoms with E-state index in [1.54, 1.807) is 18.2 Å². The molecule has 1 aliphatic heterocycles. The number of halogens is 3. The number of nitrogens with zero attached hydrogens (tertiary/aromatic N) is 1. The summed E-state index contributed by atoms with van der Waals surface area (Å²) >= 11 is 0. The number of benzene rings is 1. The van der Waals surface area contributed by atoms with Gasteiger partial charge in [-0.25, -0.2) is 0 Å². The van der Waals surface area contributed by atoms with E-state index in [1.165, 1.54) is 12.2 Å². The van der Waals surface area contributed by atoms with Crippen LogP contribution in [0.25, 0.3) is 0 Å². The number of allylic oxidation sites excluding steroid dienone is 4. The molecule has 0 saturated carbocycles. The summed E-state index contributed by atoms with van der Waals surface area (Å²) < 4.78 is 54.1. The molecule has 10 heteroatoms. The van der Waals surface area contributed by atoms with Crippen molar-refractivity contribution in [3.8, 4) is 11.5 Å². The fraction of sp³-hybridized carbons (Fsp3) is 0.586. The van der Waals surface area contributed by atoms with Crippen molar-refractivity contribution in [2.45, 2.75) is 102 Å². The lowest BCUT2D eigenvalue weighted by Crippen LogP contribution is -2.46. The minimum absolute atomic E-state index is 0.112. The van der Waals surface area contributed by atoms with Crippen LogP contribution >= 0.6 is 0 Å². The first-order valence-corrected chi connectivity index (χ1v) is 19.1. The van der Waals surface area contributed by atoms with Gasteiger partial charge in [0.25, 0.3) is 16.6 Å². The van der Waals surface area contributed by atoms with Crippen LogP contribution in [0.5, 0.6) is 11.5 Å². The second kappa shape index (κ2) is 9.94. The third-order valence-electron chi connectivity index (χ3n) is 8.79. The molecule has 216 valence electrons. The van der Waals surface area contributed by atoms with Crippen LogP contribution in [0.3, 0.4) is 0 Å². The highest BCUT2D eigenvalue weighted by molar-refractivity contribution is 6.75. The molecule has 39 heavy (non-hydrogen) atoms. The van der Waals surface area contributed by atoms with Gasteiger partial charge in [0.2, 0.25) is 0 Å². The maximum Gasteiger partial charge on any atom is 0.471 e. The number of hydrogen-bond donors (Lipinski definition) is 0.